The lowest BCUT2D eigenvalue weighted by atomic mass is 10.1. The van der Waals surface area contributed by atoms with Crippen LogP contribution in [0.5, 0.6) is 0 Å². The molecule has 6 heteroatoms. The molecule has 0 aromatic heterocycles. The predicted molar refractivity (Wildman–Crippen MR) is 137 cm³/mol. The first-order valence-corrected chi connectivity index (χ1v) is 14.0. The molecule has 1 atom stereocenters. The van der Waals surface area contributed by atoms with Crippen LogP contribution in [0.15, 0.2) is 0 Å². The molecule has 0 heterocycles. The van der Waals surface area contributed by atoms with E-state index in [2.05, 4.69) is 30.6 Å². The van der Waals surface area contributed by atoms with Gasteiger partial charge in [-0.05, 0) is 38.8 Å². The number of hydrogen-bond donors (Lipinski definition) is 2. The summed E-state index contributed by atoms with van der Waals surface area (Å²) in [6.45, 7) is 7.40. The first kappa shape index (κ1) is 31.3. The Bertz CT molecular complexity index is 478. The highest BCUT2D eigenvalue weighted by atomic mass is 32.2. The Morgan fingerprint density at radius 2 is 1.59 bits per heavy atom. The van der Waals surface area contributed by atoms with Gasteiger partial charge in [0.1, 0.15) is 0 Å². The van der Waals surface area contributed by atoms with Gasteiger partial charge in [0.2, 0.25) is 0 Å². The zero-order valence-electron chi connectivity index (χ0n) is 20.8. The summed E-state index contributed by atoms with van der Waals surface area (Å²) >= 11 is 1.60. The lowest BCUT2D eigenvalue weighted by Gasteiger charge is -2.25. The smallest absolute Gasteiger partial charge is 0.307 e. The van der Waals surface area contributed by atoms with Crippen LogP contribution >= 0.6 is 11.8 Å². The van der Waals surface area contributed by atoms with E-state index >= 15 is 0 Å². The highest BCUT2D eigenvalue weighted by Crippen LogP contribution is 2.09. The number of carbonyl (C=O) groups is 1. The van der Waals surface area contributed by atoms with E-state index in [-0.39, 0.29) is 19.2 Å². The van der Waals surface area contributed by atoms with Gasteiger partial charge in [0.25, 0.3) is 0 Å². The summed E-state index contributed by atoms with van der Waals surface area (Å²) in [4.78, 5) is 14.1. The maximum atomic E-state index is 11.8. The summed E-state index contributed by atoms with van der Waals surface area (Å²) in [5, 5.41) is 19.4. The van der Waals surface area contributed by atoms with Crippen molar-refractivity contribution in [3.8, 4) is 11.8 Å². The van der Waals surface area contributed by atoms with Crippen molar-refractivity contribution >= 4 is 17.7 Å². The average molecular weight is 472 g/mol. The molecule has 0 aromatic rings. The third-order valence-corrected chi connectivity index (χ3v) is 6.39. The van der Waals surface area contributed by atoms with E-state index in [1.54, 1.807) is 11.8 Å². The van der Waals surface area contributed by atoms with Gasteiger partial charge in [-0.15, -0.1) is 0 Å². The Morgan fingerprint density at radius 3 is 2.28 bits per heavy atom. The molecular weight excluding hydrogens is 422 g/mol. The van der Waals surface area contributed by atoms with Crippen LogP contribution in [0, 0.1) is 11.8 Å². The van der Waals surface area contributed by atoms with Gasteiger partial charge in [0, 0.05) is 31.1 Å². The van der Waals surface area contributed by atoms with Gasteiger partial charge in [0.15, 0.2) is 6.61 Å². The molecule has 0 saturated carbocycles. The Labute approximate surface area is 202 Å². The van der Waals surface area contributed by atoms with Crippen LogP contribution in [0.4, 0.5) is 0 Å². The Balaban J connectivity index is 3.85. The fourth-order valence-corrected chi connectivity index (χ4v) is 4.23. The summed E-state index contributed by atoms with van der Waals surface area (Å²) in [6, 6.07) is 0. The van der Waals surface area contributed by atoms with Crippen molar-refractivity contribution in [2.24, 2.45) is 0 Å². The number of hydrogen-bond acceptors (Lipinski definition) is 6. The first-order valence-electron chi connectivity index (χ1n) is 12.8. The second kappa shape index (κ2) is 24.9. The van der Waals surface area contributed by atoms with Gasteiger partial charge in [0.05, 0.1) is 12.5 Å². The molecule has 0 fully saturated rings. The highest BCUT2D eigenvalue weighted by molar-refractivity contribution is 7.99. The van der Waals surface area contributed by atoms with Crippen molar-refractivity contribution in [1.82, 2.24) is 4.90 Å². The van der Waals surface area contributed by atoms with Crippen LogP contribution < -0.4 is 0 Å². The molecule has 5 nitrogen and oxygen atoms in total. The molecule has 0 aliphatic carbocycles. The van der Waals surface area contributed by atoms with E-state index in [1.165, 1.54) is 44.9 Å². The van der Waals surface area contributed by atoms with Gasteiger partial charge in [-0.2, -0.15) is 11.8 Å². The first-order chi connectivity index (χ1) is 15.6. The van der Waals surface area contributed by atoms with Crippen molar-refractivity contribution in [3.05, 3.63) is 0 Å². The summed E-state index contributed by atoms with van der Waals surface area (Å²) in [7, 11) is 0. The van der Waals surface area contributed by atoms with Crippen molar-refractivity contribution in [2.45, 2.75) is 103 Å². The molecule has 0 aromatic carbocycles. The SMILES string of the molecule is CCCCCCCC#CCOC(=O)CCSCC(O)CN(CCCCO)CCCCCC. The number of aliphatic hydroxyl groups is 2. The molecule has 0 amide bonds. The molecule has 1 unspecified atom stereocenters. The van der Waals surface area contributed by atoms with Crippen molar-refractivity contribution in [1.29, 1.82) is 0 Å². The van der Waals surface area contributed by atoms with Gasteiger partial charge in [-0.25, -0.2) is 0 Å². The summed E-state index contributed by atoms with van der Waals surface area (Å²) in [6.07, 6.45) is 13.6. The summed E-state index contributed by atoms with van der Waals surface area (Å²) in [5.41, 5.74) is 0. The number of carbonyl (C=O) groups excluding carboxylic acids is 1. The normalized spacial score (nSPS) is 11.9. The lowest BCUT2D eigenvalue weighted by Crippen LogP contribution is -2.35. The highest BCUT2D eigenvalue weighted by Gasteiger charge is 2.12. The number of nitrogens with zero attached hydrogens (tertiary/aromatic N) is 1. The molecule has 0 rings (SSSR count). The third kappa shape index (κ3) is 22.5. The van der Waals surface area contributed by atoms with Crippen LogP contribution in [0.2, 0.25) is 0 Å². The number of rotatable bonds is 22. The molecule has 0 aliphatic heterocycles. The molecule has 0 aliphatic rings. The topological polar surface area (TPSA) is 70.0 Å². The number of ether oxygens (including phenoxy) is 1. The van der Waals surface area contributed by atoms with Gasteiger partial charge in [-0.3, -0.25) is 4.79 Å². The molecule has 0 spiro atoms. The van der Waals surface area contributed by atoms with E-state index < -0.39 is 6.10 Å². The Kier molecular flexibility index (Phi) is 24.3. The fourth-order valence-electron chi connectivity index (χ4n) is 3.37. The molecule has 2 N–H and O–H groups in total. The monoisotopic (exact) mass is 471 g/mol. The standard InChI is InChI=1S/C26H49NO4S/c1-3-5-7-9-10-11-12-16-21-31-26(30)17-22-32-24-25(29)23-27(19-14-15-20-28)18-13-8-6-4-2/h25,28-29H,3-11,13-15,17-24H2,1-2H3. The van der Waals surface area contributed by atoms with Crippen LogP contribution in [0.1, 0.15) is 97.3 Å². The summed E-state index contributed by atoms with van der Waals surface area (Å²) in [5.74, 6) is 7.05. The minimum absolute atomic E-state index is 0.182. The van der Waals surface area contributed by atoms with Crippen LogP contribution in [-0.2, 0) is 9.53 Å². The summed E-state index contributed by atoms with van der Waals surface area (Å²) < 4.78 is 5.16. The van der Waals surface area contributed by atoms with E-state index in [1.807, 2.05) is 0 Å². The number of esters is 1. The number of thioether (sulfide) groups is 1. The molecule has 0 radical (unpaired) electrons. The van der Waals surface area contributed by atoms with E-state index in [0.717, 1.165) is 45.2 Å². The van der Waals surface area contributed by atoms with Crippen molar-refractivity contribution < 1.29 is 19.7 Å². The number of aliphatic hydroxyl groups excluding tert-OH is 2. The third-order valence-electron chi connectivity index (χ3n) is 5.28. The van der Waals surface area contributed by atoms with Crippen molar-refractivity contribution in [2.75, 3.05) is 44.4 Å². The van der Waals surface area contributed by atoms with E-state index in [0.29, 0.717) is 24.5 Å². The largest absolute Gasteiger partial charge is 0.452 e. The molecule has 32 heavy (non-hydrogen) atoms. The second-order valence-corrected chi connectivity index (χ2v) is 9.60. The van der Waals surface area contributed by atoms with Crippen LogP contribution in [0.25, 0.3) is 0 Å². The van der Waals surface area contributed by atoms with Gasteiger partial charge in [-0.1, -0.05) is 70.6 Å². The fraction of sp³-hybridized carbons (Fsp3) is 0.885. The molecule has 0 bridgehead atoms. The average Bonchev–Trinajstić information content (AvgIpc) is 2.78. The van der Waals surface area contributed by atoms with Crippen LogP contribution in [-0.4, -0.2) is 71.5 Å². The van der Waals surface area contributed by atoms with Gasteiger partial charge >= 0.3 is 5.97 Å². The van der Waals surface area contributed by atoms with E-state index in [4.69, 9.17) is 9.84 Å². The van der Waals surface area contributed by atoms with Crippen LogP contribution in [0.3, 0.4) is 0 Å². The Morgan fingerprint density at radius 1 is 0.938 bits per heavy atom. The zero-order valence-corrected chi connectivity index (χ0v) is 21.6. The minimum atomic E-state index is -0.403. The van der Waals surface area contributed by atoms with E-state index in [9.17, 15) is 9.90 Å². The molecular formula is C26H49NO4S. The number of unbranched alkanes of at least 4 members (excludes halogenated alkanes) is 9. The molecule has 188 valence electrons. The maximum Gasteiger partial charge on any atom is 0.307 e. The lowest BCUT2D eigenvalue weighted by molar-refractivity contribution is -0.141. The predicted octanol–water partition coefficient (Wildman–Crippen LogP) is 5.03. The Hall–Kier alpha value is -0.740. The maximum absolute atomic E-state index is 11.8. The zero-order chi connectivity index (χ0) is 23.7. The van der Waals surface area contributed by atoms with Crippen molar-refractivity contribution in [3.63, 3.8) is 0 Å². The molecule has 0 saturated heterocycles. The minimum Gasteiger partial charge on any atom is -0.452 e. The quantitative estimate of drug-likeness (QED) is 0.131. The van der Waals surface area contributed by atoms with Gasteiger partial charge < -0.3 is 19.8 Å². The second-order valence-electron chi connectivity index (χ2n) is 8.45.